The van der Waals surface area contributed by atoms with Crippen molar-refractivity contribution in [1.82, 2.24) is 4.98 Å². The molecule has 110 valence electrons. The summed E-state index contributed by atoms with van der Waals surface area (Å²) in [7, 11) is 0. The smallest absolute Gasteiger partial charge is 0.238 e. The summed E-state index contributed by atoms with van der Waals surface area (Å²) in [5, 5.41) is 0.823. The highest BCUT2D eigenvalue weighted by atomic mass is 32.2. The lowest BCUT2D eigenvalue weighted by Crippen LogP contribution is -2.15. The molecule has 0 unspecified atom stereocenters. The first kappa shape index (κ1) is 13.9. The molecule has 0 spiro atoms. The molecule has 1 aliphatic heterocycles. The molecule has 1 aromatic heterocycles. The number of fused-ring (bicyclic) bond motifs is 1. The van der Waals surface area contributed by atoms with E-state index in [1.54, 1.807) is 6.07 Å². The van der Waals surface area contributed by atoms with E-state index < -0.39 is 0 Å². The maximum Gasteiger partial charge on any atom is 0.238 e. The molecule has 0 saturated carbocycles. The Labute approximate surface area is 127 Å². The highest BCUT2D eigenvalue weighted by Crippen LogP contribution is 2.37. The van der Waals surface area contributed by atoms with Gasteiger partial charge < -0.3 is 19.9 Å². The standard InChI is InChI=1S/C15H16N2O3S/c1-2-18-15-11(16)4-6-14(17-15)21-10-3-5-12-13(9-10)20-8-7-19-12/h3-6,9H,2,7-8,16H2,1H3. The van der Waals surface area contributed by atoms with Gasteiger partial charge in [0.25, 0.3) is 0 Å². The van der Waals surface area contributed by atoms with Crippen molar-refractivity contribution in [3.8, 4) is 17.4 Å². The summed E-state index contributed by atoms with van der Waals surface area (Å²) in [5.41, 5.74) is 6.37. The van der Waals surface area contributed by atoms with Crippen molar-refractivity contribution >= 4 is 17.4 Å². The third-order valence-corrected chi connectivity index (χ3v) is 3.81. The monoisotopic (exact) mass is 304 g/mol. The molecule has 3 rings (SSSR count). The minimum atomic E-state index is 0.472. The van der Waals surface area contributed by atoms with Crippen LogP contribution in [0.15, 0.2) is 40.3 Å². The van der Waals surface area contributed by atoms with E-state index in [0.29, 0.717) is 31.4 Å². The fourth-order valence-corrected chi connectivity index (χ4v) is 2.76. The number of benzene rings is 1. The number of anilines is 1. The number of nitrogens with zero attached hydrogens (tertiary/aromatic N) is 1. The van der Waals surface area contributed by atoms with Gasteiger partial charge in [-0.25, -0.2) is 4.98 Å². The predicted octanol–water partition coefficient (Wildman–Crippen LogP) is 2.98. The third-order valence-electron chi connectivity index (χ3n) is 2.88. The summed E-state index contributed by atoms with van der Waals surface area (Å²) in [6.07, 6.45) is 0. The van der Waals surface area contributed by atoms with Crippen LogP contribution >= 0.6 is 11.8 Å². The normalized spacial score (nSPS) is 13.0. The fraction of sp³-hybridized carbons (Fsp3) is 0.267. The number of hydrogen-bond acceptors (Lipinski definition) is 6. The van der Waals surface area contributed by atoms with Crippen molar-refractivity contribution in [2.24, 2.45) is 0 Å². The van der Waals surface area contributed by atoms with Crippen molar-refractivity contribution in [3.05, 3.63) is 30.3 Å². The van der Waals surface area contributed by atoms with Gasteiger partial charge >= 0.3 is 0 Å². The van der Waals surface area contributed by atoms with Crippen LogP contribution in [-0.4, -0.2) is 24.8 Å². The Kier molecular flexibility index (Phi) is 4.06. The number of aromatic nitrogens is 1. The van der Waals surface area contributed by atoms with Gasteiger partial charge in [0.15, 0.2) is 11.5 Å². The number of ether oxygens (including phenoxy) is 3. The molecular weight excluding hydrogens is 288 g/mol. The molecule has 0 atom stereocenters. The summed E-state index contributed by atoms with van der Waals surface area (Å²) in [5.74, 6) is 2.03. The van der Waals surface area contributed by atoms with Gasteiger partial charge in [-0.05, 0) is 37.3 Å². The third kappa shape index (κ3) is 3.16. The van der Waals surface area contributed by atoms with Gasteiger partial charge in [-0.15, -0.1) is 0 Å². The molecule has 1 aromatic carbocycles. The highest BCUT2D eigenvalue weighted by molar-refractivity contribution is 7.99. The van der Waals surface area contributed by atoms with Gasteiger partial charge in [-0.1, -0.05) is 11.8 Å². The Balaban J connectivity index is 1.81. The Hall–Kier alpha value is -2.08. The number of nitrogen functional groups attached to an aromatic ring is 1. The van der Waals surface area contributed by atoms with Gasteiger partial charge in [-0.3, -0.25) is 0 Å². The van der Waals surface area contributed by atoms with E-state index in [9.17, 15) is 0 Å². The minimum Gasteiger partial charge on any atom is -0.486 e. The fourth-order valence-electron chi connectivity index (χ4n) is 1.95. The molecule has 5 nitrogen and oxygen atoms in total. The van der Waals surface area contributed by atoms with Gasteiger partial charge in [0, 0.05) is 4.90 Å². The number of rotatable bonds is 4. The minimum absolute atomic E-state index is 0.472. The van der Waals surface area contributed by atoms with Crippen molar-refractivity contribution < 1.29 is 14.2 Å². The van der Waals surface area contributed by atoms with Crippen LogP contribution in [0.3, 0.4) is 0 Å². The molecule has 0 radical (unpaired) electrons. The molecule has 0 bridgehead atoms. The van der Waals surface area contributed by atoms with E-state index in [2.05, 4.69) is 4.98 Å². The molecule has 0 fully saturated rings. The van der Waals surface area contributed by atoms with E-state index in [-0.39, 0.29) is 0 Å². The summed E-state index contributed by atoms with van der Waals surface area (Å²) in [6.45, 7) is 3.61. The SMILES string of the molecule is CCOc1nc(Sc2ccc3c(c2)OCCO3)ccc1N. The van der Waals surface area contributed by atoms with Gasteiger partial charge in [0.2, 0.25) is 5.88 Å². The summed E-state index contributed by atoms with van der Waals surface area (Å²) < 4.78 is 16.5. The summed E-state index contributed by atoms with van der Waals surface area (Å²) in [4.78, 5) is 5.44. The zero-order chi connectivity index (χ0) is 14.7. The molecule has 1 aliphatic rings. The van der Waals surface area contributed by atoms with E-state index in [1.165, 1.54) is 11.8 Å². The van der Waals surface area contributed by atoms with Crippen molar-refractivity contribution in [2.75, 3.05) is 25.6 Å². The average Bonchev–Trinajstić information content (AvgIpc) is 2.51. The van der Waals surface area contributed by atoms with Crippen molar-refractivity contribution in [3.63, 3.8) is 0 Å². The maximum absolute atomic E-state index is 5.83. The molecule has 2 heterocycles. The molecule has 2 aromatic rings. The maximum atomic E-state index is 5.83. The predicted molar refractivity (Wildman–Crippen MR) is 81.4 cm³/mol. The Bertz CT molecular complexity index is 649. The van der Waals surface area contributed by atoms with Crippen LogP contribution in [0.5, 0.6) is 17.4 Å². The Morgan fingerprint density at radius 3 is 2.81 bits per heavy atom. The van der Waals surface area contributed by atoms with E-state index >= 15 is 0 Å². The Morgan fingerprint density at radius 1 is 1.19 bits per heavy atom. The molecule has 0 saturated heterocycles. The first-order valence-corrected chi connectivity index (χ1v) is 7.54. The van der Waals surface area contributed by atoms with E-state index in [0.717, 1.165) is 21.4 Å². The molecule has 21 heavy (non-hydrogen) atoms. The second-order valence-corrected chi connectivity index (χ2v) is 5.48. The lowest BCUT2D eigenvalue weighted by Gasteiger charge is -2.18. The first-order valence-electron chi connectivity index (χ1n) is 6.73. The molecule has 0 aliphatic carbocycles. The van der Waals surface area contributed by atoms with E-state index in [4.69, 9.17) is 19.9 Å². The lowest BCUT2D eigenvalue weighted by molar-refractivity contribution is 0.171. The van der Waals surface area contributed by atoms with Crippen LogP contribution < -0.4 is 19.9 Å². The second kappa shape index (κ2) is 6.13. The topological polar surface area (TPSA) is 66.6 Å². The van der Waals surface area contributed by atoms with Crippen molar-refractivity contribution in [1.29, 1.82) is 0 Å². The Morgan fingerprint density at radius 2 is 2.00 bits per heavy atom. The largest absolute Gasteiger partial charge is 0.486 e. The van der Waals surface area contributed by atoms with Crippen LogP contribution in [0.25, 0.3) is 0 Å². The number of hydrogen-bond donors (Lipinski definition) is 1. The molecule has 0 amide bonds. The quantitative estimate of drug-likeness (QED) is 0.936. The van der Waals surface area contributed by atoms with E-state index in [1.807, 2.05) is 31.2 Å². The highest BCUT2D eigenvalue weighted by Gasteiger charge is 2.13. The van der Waals surface area contributed by atoms with Gasteiger partial charge in [0.1, 0.15) is 18.2 Å². The van der Waals surface area contributed by atoms with Crippen LogP contribution in [0.1, 0.15) is 6.92 Å². The summed E-state index contributed by atoms with van der Waals surface area (Å²) in [6, 6.07) is 9.53. The second-order valence-electron chi connectivity index (χ2n) is 4.38. The zero-order valence-corrected chi connectivity index (χ0v) is 12.5. The van der Waals surface area contributed by atoms with Crippen molar-refractivity contribution in [2.45, 2.75) is 16.8 Å². The number of nitrogens with two attached hydrogens (primary N) is 1. The number of pyridine rings is 1. The molecule has 2 N–H and O–H groups in total. The zero-order valence-electron chi connectivity index (χ0n) is 11.7. The van der Waals surface area contributed by atoms with Crippen LogP contribution in [0, 0.1) is 0 Å². The van der Waals surface area contributed by atoms with Gasteiger partial charge in [-0.2, -0.15) is 0 Å². The van der Waals surface area contributed by atoms with Crippen LogP contribution in [0.4, 0.5) is 5.69 Å². The molecular formula is C15H16N2O3S. The van der Waals surface area contributed by atoms with Gasteiger partial charge in [0.05, 0.1) is 12.3 Å². The van der Waals surface area contributed by atoms with Crippen LogP contribution in [0.2, 0.25) is 0 Å². The summed E-state index contributed by atoms with van der Waals surface area (Å²) >= 11 is 1.53. The lowest BCUT2D eigenvalue weighted by atomic mass is 10.3. The van der Waals surface area contributed by atoms with Crippen LogP contribution in [-0.2, 0) is 0 Å². The average molecular weight is 304 g/mol. The molecule has 6 heteroatoms. The first-order chi connectivity index (χ1) is 10.3.